The lowest BCUT2D eigenvalue weighted by molar-refractivity contribution is 0.0636. The molecule has 1 aliphatic rings. The maximum atomic E-state index is 12.2. The summed E-state index contributed by atoms with van der Waals surface area (Å²) in [7, 11) is -3.09. The van der Waals surface area contributed by atoms with Crippen molar-refractivity contribution in [3.63, 3.8) is 0 Å². The van der Waals surface area contributed by atoms with Crippen molar-refractivity contribution in [1.82, 2.24) is 4.98 Å². The molecule has 0 bridgehead atoms. The van der Waals surface area contributed by atoms with E-state index in [9.17, 15) is 9.36 Å². The molecule has 1 amide bonds. The van der Waals surface area contributed by atoms with E-state index in [0.717, 1.165) is 6.42 Å². The van der Waals surface area contributed by atoms with Crippen LogP contribution in [0, 0.1) is 0 Å². The Labute approximate surface area is 134 Å². The number of hydrogen-bond acceptors (Lipinski definition) is 7. The fraction of sp³-hybridized carbons (Fsp3) is 0.692. The molecule has 1 aromatic heterocycles. The highest BCUT2D eigenvalue weighted by atomic mass is 32.1. The van der Waals surface area contributed by atoms with Gasteiger partial charge in [-0.05, 0) is 27.2 Å². The van der Waals surface area contributed by atoms with Crippen LogP contribution < -0.4 is 5.32 Å². The molecule has 0 aliphatic carbocycles. The molecule has 2 rings (SSSR count). The Morgan fingerprint density at radius 1 is 1.45 bits per heavy atom. The van der Waals surface area contributed by atoms with Crippen molar-refractivity contribution >= 4 is 30.2 Å². The molecule has 1 aliphatic heterocycles. The normalized spacial score (nSPS) is 17.4. The van der Waals surface area contributed by atoms with Gasteiger partial charge in [0.25, 0.3) is 0 Å². The van der Waals surface area contributed by atoms with Gasteiger partial charge in [-0.3, -0.25) is 9.88 Å². The average molecular weight is 350 g/mol. The Kier molecular flexibility index (Phi) is 6.55. The van der Waals surface area contributed by atoms with E-state index < -0.39 is 19.3 Å². The maximum Gasteiger partial charge on any atom is 0.413 e. The monoisotopic (exact) mass is 350 g/mol. The van der Waals surface area contributed by atoms with E-state index in [1.165, 1.54) is 11.3 Å². The van der Waals surface area contributed by atoms with E-state index in [0.29, 0.717) is 24.0 Å². The predicted molar refractivity (Wildman–Crippen MR) is 86.5 cm³/mol. The Balaban J connectivity index is 0.00000242. The van der Waals surface area contributed by atoms with Gasteiger partial charge in [-0.2, -0.15) is 0 Å². The minimum Gasteiger partial charge on any atom is -0.444 e. The first kappa shape index (κ1) is 19.1. The fourth-order valence-electron chi connectivity index (χ4n) is 1.62. The molecule has 1 N–H and O–H groups in total. The topological polar surface area (TPSA) is 86.8 Å². The molecule has 22 heavy (non-hydrogen) atoms. The number of ether oxygens (including phenoxy) is 1. The number of carbonyl (C=O) groups is 1. The van der Waals surface area contributed by atoms with Crippen LogP contribution in [0.2, 0.25) is 0 Å². The number of hydrogen-bond donors (Lipinski definition) is 1. The van der Waals surface area contributed by atoms with Gasteiger partial charge >= 0.3 is 13.7 Å². The number of nitrogens with zero attached hydrogens (tertiary/aromatic N) is 1. The number of rotatable bonds is 3. The molecule has 126 valence electrons. The molecule has 0 atom stereocenters. The van der Waals surface area contributed by atoms with Crippen molar-refractivity contribution in [2.75, 3.05) is 18.5 Å². The van der Waals surface area contributed by atoms with Crippen molar-refractivity contribution in [3.05, 3.63) is 11.1 Å². The van der Waals surface area contributed by atoms with Crippen LogP contribution in [0.5, 0.6) is 0 Å². The summed E-state index contributed by atoms with van der Waals surface area (Å²) < 4.78 is 27.8. The number of nitrogens with one attached hydrogen (secondary N) is 1. The van der Waals surface area contributed by atoms with E-state index in [1.54, 1.807) is 26.2 Å². The van der Waals surface area contributed by atoms with Gasteiger partial charge in [-0.25, -0.2) is 9.78 Å². The third-order valence-electron chi connectivity index (χ3n) is 2.38. The summed E-state index contributed by atoms with van der Waals surface area (Å²) >= 11 is 1.24. The highest BCUT2D eigenvalue weighted by molar-refractivity contribution is 7.53. The second kappa shape index (κ2) is 7.55. The van der Waals surface area contributed by atoms with Gasteiger partial charge in [0, 0.05) is 5.38 Å². The molecular weight excluding hydrogens is 327 g/mol. The zero-order valence-electron chi connectivity index (χ0n) is 12.2. The summed E-state index contributed by atoms with van der Waals surface area (Å²) in [4.78, 5) is 15.8. The van der Waals surface area contributed by atoms with Gasteiger partial charge in [0.1, 0.15) is 5.60 Å². The van der Waals surface area contributed by atoms with Crippen molar-refractivity contribution in [2.45, 2.75) is 46.4 Å². The fourth-order valence-corrected chi connectivity index (χ4v) is 4.07. The second-order valence-corrected chi connectivity index (χ2v) is 8.47. The Morgan fingerprint density at radius 2 is 2.09 bits per heavy atom. The van der Waals surface area contributed by atoms with Gasteiger partial charge in [0.2, 0.25) is 0 Å². The lowest BCUT2D eigenvalue weighted by Gasteiger charge is -2.22. The third-order valence-corrected chi connectivity index (χ3v) is 5.05. The summed E-state index contributed by atoms with van der Waals surface area (Å²) in [5.41, 5.74) is -0.00486. The molecule has 0 radical (unpaired) electrons. The summed E-state index contributed by atoms with van der Waals surface area (Å²) in [6, 6.07) is 0. The van der Waals surface area contributed by atoms with Crippen LogP contribution in [0.25, 0.3) is 0 Å². The predicted octanol–water partition coefficient (Wildman–Crippen LogP) is 4.26. The molecular formula is C13H23N2O5PS. The van der Waals surface area contributed by atoms with Gasteiger partial charge in [0.05, 0.1) is 25.1 Å². The quantitative estimate of drug-likeness (QED) is 0.820. The van der Waals surface area contributed by atoms with Crippen molar-refractivity contribution in [3.8, 4) is 0 Å². The van der Waals surface area contributed by atoms with Crippen LogP contribution in [0.3, 0.4) is 0 Å². The zero-order chi connectivity index (χ0) is 15.5. The van der Waals surface area contributed by atoms with Crippen LogP contribution in [0.4, 0.5) is 9.93 Å². The number of thiazole rings is 1. The molecule has 2 heterocycles. The smallest absolute Gasteiger partial charge is 0.413 e. The SMILES string of the molecule is C.CC(C)(C)OC(=O)Nc1nc(CP2(=O)OCCCO2)cs1. The summed E-state index contributed by atoms with van der Waals surface area (Å²) in [6.45, 7) is 6.21. The van der Waals surface area contributed by atoms with Crippen LogP contribution in [-0.4, -0.2) is 29.9 Å². The van der Waals surface area contributed by atoms with Crippen molar-refractivity contribution < 1.29 is 23.1 Å². The van der Waals surface area contributed by atoms with E-state index in [4.69, 9.17) is 13.8 Å². The summed E-state index contributed by atoms with van der Waals surface area (Å²) in [5, 5.41) is 4.65. The van der Waals surface area contributed by atoms with Crippen LogP contribution in [-0.2, 0) is 24.5 Å². The zero-order valence-corrected chi connectivity index (χ0v) is 14.0. The van der Waals surface area contributed by atoms with Crippen LogP contribution in [0.15, 0.2) is 5.38 Å². The lowest BCUT2D eigenvalue weighted by Crippen LogP contribution is -2.27. The van der Waals surface area contributed by atoms with E-state index in [2.05, 4.69) is 10.3 Å². The number of carbonyl (C=O) groups excluding carboxylic acids is 1. The molecule has 0 unspecified atom stereocenters. The average Bonchev–Trinajstić information content (AvgIpc) is 2.73. The first-order valence-electron chi connectivity index (χ1n) is 6.58. The largest absolute Gasteiger partial charge is 0.444 e. The first-order valence-corrected chi connectivity index (χ1v) is 9.19. The van der Waals surface area contributed by atoms with Crippen LogP contribution in [0.1, 0.15) is 40.3 Å². The molecule has 1 fully saturated rings. The van der Waals surface area contributed by atoms with E-state index in [-0.39, 0.29) is 13.6 Å². The van der Waals surface area contributed by atoms with Crippen molar-refractivity contribution in [1.29, 1.82) is 0 Å². The Bertz CT molecular complexity index is 545. The first-order chi connectivity index (χ1) is 9.76. The standard InChI is InChI=1S/C12H19N2O5PS.CH4/c1-12(2,3)19-11(15)14-10-13-9(8-21-10)7-20(16)17-5-4-6-18-20;/h8H,4-7H2,1-3H3,(H,13,14,15);1H4. The molecule has 1 aromatic rings. The Hall–Kier alpha value is -0.950. The Morgan fingerprint density at radius 3 is 2.68 bits per heavy atom. The van der Waals surface area contributed by atoms with Crippen molar-refractivity contribution in [2.24, 2.45) is 0 Å². The highest BCUT2D eigenvalue weighted by Gasteiger charge is 2.29. The van der Waals surface area contributed by atoms with Gasteiger partial charge in [-0.1, -0.05) is 7.43 Å². The number of aromatic nitrogens is 1. The van der Waals surface area contributed by atoms with Gasteiger partial charge < -0.3 is 13.8 Å². The van der Waals surface area contributed by atoms with Crippen LogP contribution >= 0.6 is 18.9 Å². The number of anilines is 1. The van der Waals surface area contributed by atoms with Gasteiger partial charge in [-0.15, -0.1) is 11.3 Å². The molecule has 9 heteroatoms. The lowest BCUT2D eigenvalue weighted by atomic mass is 10.2. The molecule has 7 nitrogen and oxygen atoms in total. The van der Waals surface area contributed by atoms with E-state index >= 15 is 0 Å². The van der Waals surface area contributed by atoms with E-state index in [1.807, 2.05) is 0 Å². The minimum absolute atomic E-state index is 0. The minimum atomic E-state index is -3.09. The summed E-state index contributed by atoms with van der Waals surface area (Å²) in [5.74, 6) is 0. The highest BCUT2D eigenvalue weighted by Crippen LogP contribution is 2.53. The van der Waals surface area contributed by atoms with Gasteiger partial charge in [0.15, 0.2) is 5.13 Å². The molecule has 0 aromatic carbocycles. The molecule has 0 saturated carbocycles. The molecule has 0 spiro atoms. The summed E-state index contributed by atoms with van der Waals surface area (Å²) in [6.07, 6.45) is 0.284. The second-order valence-electron chi connectivity index (χ2n) is 5.56. The maximum absolute atomic E-state index is 12.2. The number of amides is 1. The molecule has 1 saturated heterocycles. The third kappa shape index (κ3) is 6.04.